The maximum Gasteiger partial charge on any atom is 0.407 e. The molecule has 0 unspecified atom stereocenters. The van der Waals surface area contributed by atoms with E-state index in [1.165, 1.54) is 6.21 Å². The SMILES string of the molecule is CN/C(=C\C=N)c1nnc(N2CCC(NC(=O)OC(C)(C)C)CC2)c2ccccc12. The Morgan fingerprint density at radius 2 is 1.87 bits per heavy atom. The number of carbonyl (C=O) groups excluding carboxylic acids is 1. The summed E-state index contributed by atoms with van der Waals surface area (Å²) in [6.07, 6.45) is 4.16. The fourth-order valence-electron chi connectivity index (χ4n) is 3.60. The molecule has 8 nitrogen and oxygen atoms in total. The number of amides is 1. The number of alkyl carbamates (subject to hydrolysis) is 1. The van der Waals surface area contributed by atoms with E-state index in [1.54, 1.807) is 6.08 Å². The highest BCUT2D eigenvalue weighted by molar-refractivity contribution is 5.99. The van der Waals surface area contributed by atoms with Gasteiger partial charge in [-0.15, -0.1) is 10.2 Å². The average molecular weight is 411 g/mol. The van der Waals surface area contributed by atoms with Gasteiger partial charge in [0.05, 0.1) is 5.70 Å². The molecule has 3 rings (SSSR count). The van der Waals surface area contributed by atoms with Crippen molar-refractivity contribution in [2.24, 2.45) is 0 Å². The molecular formula is C22H30N6O2. The first-order valence-corrected chi connectivity index (χ1v) is 10.2. The lowest BCUT2D eigenvalue weighted by Gasteiger charge is -2.34. The first kappa shape index (κ1) is 21.5. The summed E-state index contributed by atoms with van der Waals surface area (Å²) in [7, 11) is 1.81. The predicted octanol–water partition coefficient (Wildman–Crippen LogP) is 3.33. The van der Waals surface area contributed by atoms with Crippen molar-refractivity contribution in [1.29, 1.82) is 5.41 Å². The molecule has 2 heterocycles. The van der Waals surface area contributed by atoms with Crippen LogP contribution in [0.15, 0.2) is 30.3 Å². The van der Waals surface area contributed by atoms with Gasteiger partial charge in [-0.1, -0.05) is 24.3 Å². The van der Waals surface area contributed by atoms with E-state index in [-0.39, 0.29) is 12.1 Å². The Hall–Kier alpha value is -3.16. The van der Waals surface area contributed by atoms with Gasteiger partial charge in [-0.25, -0.2) is 4.79 Å². The number of rotatable bonds is 5. The van der Waals surface area contributed by atoms with Crippen molar-refractivity contribution in [3.05, 3.63) is 36.0 Å². The van der Waals surface area contributed by atoms with E-state index in [2.05, 4.69) is 25.7 Å². The number of allylic oxidation sites excluding steroid dienone is 1. The van der Waals surface area contributed by atoms with E-state index < -0.39 is 5.60 Å². The molecule has 1 aromatic heterocycles. The maximum absolute atomic E-state index is 12.0. The van der Waals surface area contributed by atoms with Crippen molar-refractivity contribution >= 4 is 34.6 Å². The van der Waals surface area contributed by atoms with Crippen molar-refractivity contribution in [2.75, 3.05) is 25.0 Å². The lowest BCUT2D eigenvalue weighted by atomic mass is 10.0. The monoisotopic (exact) mass is 410 g/mol. The zero-order valence-electron chi connectivity index (χ0n) is 18.0. The van der Waals surface area contributed by atoms with Crippen LogP contribution in [0.3, 0.4) is 0 Å². The van der Waals surface area contributed by atoms with Gasteiger partial charge in [-0.2, -0.15) is 0 Å². The minimum absolute atomic E-state index is 0.0843. The highest BCUT2D eigenvalue weighted by atomic mass is 16.6. The van der Waals surface area contributed by atoms with E-state index >= 15 is 0 Å². The van der Waals surface area contributed by atoms with Crippen LogP contribution in [-0.2, 0) is 4.74 Å². The van der Waals surface area contributed by atoms with E-state index in [9.17, 15) is 4.79 Å². The van der Waals surface area contributed by atoms with E-state index in [0.29, 0.717) is 0 Å². The number of nitrogens with zero attached hydrogens (tertiary/aromatic N) is 3. The quantitative estimate of drug-likeness (QED) is 0.653. The normalized spacial score (nSPS) is 15.7. The summed E-state index contributed by atoms with van der Waals surface area (Å²) < 4.78 is 5.36. The van der Waals surface area contributed by atoms with Crippen LogP contribution in [0.2, 0.25) is 0 Å². The Morgan fingerprint density at radius 1 is 1.20 bits per heavy atom. The summed E-state index contributed by atoms with van der Waals surface area (Å²) in [4.78, 5) is 14.3. The van der Waals surface area contributed by atoms with Crippen LogP contribution in [0.5, 0.6) is 0 Å². The largest absolute Gasteiger partial charge is 0.444 e. The van der Waals surface area contributed by atoms with Crippen LogP contribution in [0.1, 0.15) is 39.3 Å². The molecule has 1 aliphatic rings. The second-order valence-electron chi connectivity index (χ2n) is 8.32. The minimum atomic E-state index is -0.501. The Bertz CT molecular complexity index is 942. The highest BCUT2D eigenvalue weighted by Crippen LogP contribution is 2.30. The molecule has 0 saturated carbocycles. The van der Waals surface area contributed by atoms with Gasteiger partial charge >= 0.3 is 6.09 Å². The summed E-state index contributed by atoms with van der Waals surface area (Å²) in [5.74, 6) is 0.843. The number of aromatic nitrogens is 2. The van der Waals surface area contributed by atoms with Gasteiger partial charge in [0.15, 0.2) is 5.82 Å². The van der Waals surface area contributed by atoms with Gasteiger partial charge in [0, 0.05) is 43.2 Å². The standard InChI is InChI=1S/C22H30N6O2/c1-22(2,3)30-21(29)25-15-10-13-28(14-11-15)20-17-8-6-5-7-16(17)19(26-27-20)18(24-4)9-12-23/h5-9,12,15,23-24H,10-11,13-14H2,1-4H3,(H,25,29)/b18-9-,23-12?. The lowest BCUT2D eigenvalue weighted by Crippen LogP contribution is -2.46. The van der Waals surface area contributed by atoms with Crippen LogP contribution < -0.4 is 15.5 Å². The van der Waals surface area contributed by atoms with Crippen molar-refractivity contribution in [2.45, 2.75) is 45.3 Å². The summed E-state index contributed by atoms with van der Waals surface area (Å²) in [5.41, 5.74) is 0.974. The summed E-state index contributed by atoms with van der Waals surface area (Å²) in [6.45, 7) is 7.12. The second-order valence-corrected chi connectivity index (χ2v) is 8.32. The number of anilines is 1. The molecule has 1 aromatic carbocycles. The number of hydrogen-bond donors (Lipinski definition) is 3. The highest BCUT2D eigenvalue weighted by Gasteiger charge is 2.25. The predicted molar refractivity (Wildman–Crippen MR) is 120 cm³/mol. The number of carbonyl (C=O) groups is 1. The molecule has 3 N–H and O–H groups in total. The first-order chi connectivity index (χ1) is 14.3. The Morgan fingerprint density at radius 3 is 2.47 bits per heavy atom. The molecule has 2 aromatic rings. The van der Waals surface area contributed by atoms with Gasteiger partial charge in [0.2, 0.25) is 0 Å². The van der Waals surface area contributed by atoms with Gasteiger partial charge in [-0.05, 0) is 39.7 Å². The molecule has 30 heavy (non-hydrogen) atoms. The first-order valence-electron chi connectivity index (χ1n) is 10.2. The Labute approximate surface area is 177 Å². The molecule has 8 heteroatoms. The number of fused-ring (bicyclic) bond motifs is 1. The fraction of sp³-hybridized carbons (Fsp3) is 0.455. The zero-order valence-corrected chi connectivity index (χ0v) is 18.0. The number of nitrogens with one attached hydrogen (secondary N) is 3. The van der Waals surface area contributed by atoms with Crippen molar-refractivity contribution in [3.8, 4) is 0 Å². The van der Waals surface area contributed by atoms with Crippen molar-refractivity contribution in [3.63, 3.8) is 0 Å². The topological polar surface area (TPSA) is 103 Å². The Balaban J connectivity index is 1.77. The molecule has 0 atom stereocenters. The third-order valence-electron chi connectivity index (χ3n) is 4.96. The molecule has 1 aliphatic heterocycles. The van der Waals surface area contributed by atoms with E-state index in [1.807, 2.05) is 52.1 Å². The summed E-state index contributed by atoms with van der Waals surface area (Å²) >= 11 is 0. The molecule has 160 valence electrons. The van der Waals surface area contributed by atoms with Gasteiger partial charge in [0.25, 0.3) is 0 Å². The third kappa shape index (κ3) is 5.06. The lowest BCUT2D eigenvalue weighted by molar-refractivity contribution is 0.0497. The zero-order chi connectivity index (χ0) is 21.7. The van der Waals surface area contributed by atoms with Crippen LogP contribution in [0.25, 0.3) is 16.5 Å². The second kappa shape index (κ2) is 9.11. The van der Waals surface area contributed by atoms with Crippen LogP contribution in [0.4, 0.5) is 10.6 Å². The Kier molecular flexibility index (Phi) is 6.54. The molecule has 1 amide bonds. The van der Waals surface area contributed by atoms with E-state index in [0.717, 1.165) is 53.9 Å². The molecule has 0 spiro atoms. The summed E-state index contributed by atoms with van der Waals surface area (Å²) in [6, 6.07) is 8.13. The smallest absolute Gasteiger partial charge is 0.407 e. The third-order valence-corrected chi connectivity index (χ3v) is 4.96. The van der Waals surface area contributed by atoms with Crippen LogP contribution in [-0.4, -0.2) is 54.3 Å². The molecular weight excluding hydrogens is 380 g/mol. The molecule has 0 bridgehead atoms. The number of ether oxygens (including phenoxy) is 1. The summed E-state index contributed by atoms with van der Waals surface area (Å²) in [5, 5.41) is 24.4. The number of hydrogen-bond acceptors (Lipinski definition) is 7. The molecule has 1 saturated heterocycles. The van der Waals surface area contributed by atoms with Crippen LogP contribution in [0, 0.1) is 5.41 Å². The van der Waals surface area contributed by atoms with E-state index in [4.69, 9.17) is 10.1 Å². The minimum Gasteiger partial charge on any atom is -0.444 e. The molecule has 1 fully saturated rings. The van der Waals surface area contributed by atoms with Crippen molar-refractivity contribution in [1.82, 2.24) is 20.8 Å². The van der Waals surface area contributed by atoms with Gasteiger partial charge in [0.1, 0.15) is 11.3 Å². The maximum atomic E-state index is 12.0. The molecule has 0 radical (unpaired) electrons. The number of benzene rings is 1. The van der Waals surface area contributed by atoms with Crippen molar-refractivity contribution < 1.29 is 9.53 Å². The molecule has 0 aliphatic carbocycles. The van der Waals surface area contributed by atoms with Gasteiger partial charge in [-0.3, -0.25) is 0 Å². The average Bonchev–Trinajstić information content (AvgIpc) is 2.71. The fourth-order valence-corrected chi connectivity index (χ4v) is 3.60. The van der Waals surface area contributed by atoms with Crippen LogP contribution >= 0.6 is 0 Å². The van der Waals surface area contributed by atoms with Gasteiger partial charge < -0.3 is 25.7 Å². The number of piperidine rings is 1.